The van der Waals surface area contributed by atoms with Crippen molar-refractivity contribution in [2.75, 3.05) is 56.2 Å². The summed E-state index contributed by atoms with van der Waals surface area (Å²) in [6, 6.07) is 13.9. The first-order valence-corrected chi connectivity index (χ1v) is 12.2. The van der Waals surface area contributed by atoms with Crippen LogP contribution in [0.15, 0.2) is 48.7 Å². The summed E-state index contributed by atoms with van der Waals surface area (Å²) in [7, 11) is 0. The predicted molar refractivity (Wildman–Crippen MR) is 135 cm³/mol. The topological polar surface area (TPSA) is 85.0 Å². The molecule has 8 heteroatoms. The molecule has 0 spiro atoms. The molecular formula is C26H33N5O3. The predicted octanol–water partition coefficient (Wildman–Crippen LogP) is 3.90. The summed E-state index contributed by atoms with van der Waals surface area (Å²) < 4.78 is 13.8. The van der Waals surface area contributed by atoms with Gasteiger partial charge >= 0.3 is 6.03 Å². The lowest BCUT2D eigenvalue weighted by molar-refractivity contribution is 0.251. The number of aromatic nitrogens is 1. The van der Waals surface area contributed by atoms with Crippen molar-refractivity contribution in [3.63, 3.8) is 0 Å². The summed E-state index contributed by atoms with van der Waals surface area (Å²) in [6.45, 7) is 7.61. The Morgan fingerprint density at radius 2 is 1.71 bits per heavy atom. The lowest BCUT2D eigenvalue weighted by atomic mass is 10.2. The molecule has 34 heavy (non-hydrogen) atoms. The van der Waals surface area contributed by atoms with Gasteiger partial charge in [0.25, 0.3) is 0 Å². The second-order valence-electron chi connectivity index (χ2n) is 8.96. The molecule has 1 fully saturated rings. The highest BCUT2D eigenvalue weighted by Crippen LogP contribution is 2.34. The van der Waals surface area contributed by atoms with Crippen LogP contribution in [0.2, 0.25) is 0 Å². The number of rotatable bonds is 7. The second-order valence-corrected chi connectivity index (χ2v) is 8.96. The van der Waals surface area contributed by atoms with Gasteiger partial charge in [-0.05, 0) is 37.6 Å². The van der Waals surface area contributed by atoms with E-state index in [0.717, 1.165) is 93.2 Å². The number of hydrogen-bond acceptors (Lipinski definition) is 5. The molecular weight excluding hydrogens is 430 g/mol. The van der Waals surface area contributed by atoms with Crippen molar-refractivity contribution in [1.29, 1.82) is 0 Å². The number of anilines is 2. The summed E-state index contributed by atoms with van der Waals surface area (Å²) >= 11 is 0. The molecule has 1 aromatic heterocycles. The van der Waals surface area contributed by atoms with Crippen molar-refractivity contribution in [2.45, 2.75) is 25.8 Å². The summed E-state index contributed by atoms with van der Waals surface area (Å²) in [6.07, 6.45) is 5.13. The van der Waals surface area contributed by atoms with Gasteiger partial charge < -0.3 is 30.0 Å². The highest BCUT2D eigenvalue weighted by molar-refractivity contribution is 6.00. The molecule has 3 heterocycles. The van der Waals surface area contributed by atoms with Crippen LogP contribution >= 0.6 is 0 Å². The van der Waals surface area contributed by atoms with E-state index in [0.29, 0.717) is 6.61 Å². The molecule has 2 aliphatic rings. The van der Waals surface area contributed by atoms with Crippen molar-refractivity contribution in [1.82, 2.24) is 9.47 Å². The van der Waals surface area contributed by atoms with E-state index in [1.54, 1.807) is 0 Å². The number of unbranched alkanes of at least 4 members (excludes halogenated alkanes) is 1. The average Bonchev–Trinajstić information content (AvgIpc) is 3.02. The number of aryl methyl sites for hydroxylation is 1. The van der Waals surface area contributed by atoms with Crippen molar-refractivity contribution in [3.05, 3.63) is 48.7 Å². The maximum atomic E-state index is 11.3. The number of primary amides is 1. The van der Waals surface area contributed by atoms with Gasteiger partial charge in [0.15, 0.2) is 11.5 Å². The first-order chi connectivity index (χ1) is 16.7. The molecule has 2 aliphatic heterocycles. The third kappa shape index (κ3) is 5.07. The molecule has 1 saturated heterocycles. The molecule has 2 amide bonds. The SMILES string of the molecule is NC(=O)Nc1cn(CCCCN2CCN(c3ccc4c(c3)OCCCO4)CC2)c2ccccc12. The molecule has 180 valence electrons. The summed E-state index contributed by atoms with van der Waals surface area (Å²) in [5.41, 5.74) is 8.44. The molecule has 3 aromatic rings. The van der Waals surface area contributed by atoms with Crippen LogP contribution in [0.5, 0.6) is 11.5 Å². The minimum absolute atomic E-state index is 0.534. The van der Waals surface area contributed by atoms with Crippen LogP contribution in [-0.4, -0.2) is 61.4 Å². The highest BCUT2D eigenvalue weighted by atomic mass is 16.5. The fourth-order valence-corrected chi connectivity index (χ4v) is 4.86. The standard InChI is InChI=1S/C26H33N5O3/c27-26(32)28-22-19-31(23-7-2-1-6-21(22)23)11-4-3-10-29-12-14-30(15-13-29)20-8-9-24-25(18-20)34-17-5-16-33-24/h1-2,6-9,18-19H,3-5,10-17H2,(H3,27,28,32). The van der Waals surface area contributed by atoms with E-state index in [2.05, 4.69) is 37.9 Å². The molecule has 0 radical (unpaired) electrons. The maximum absolute atomic E-state index is 11.3. The molecule has 3 N–H and O–H groups in total. The van der Waals surface area contributed by atoms with Crippen LogP contribution in [0.25, 0.3) is 10.9 Å². The quantitative estimate of drug-likeness (QED) is 0.519. The summed E-state index contributed by atoms with van der Waals surface area (Å²) in [4.78, 5) is 16.3. The number of nitrogens with one attached hydrogen (secondary N) is 1. The minimum Gasteiger partial charge on any atom is -0.490 e. The Labute approximate surface area is 200 Å². The number of amides is 2. The fraction of sp³-hybridized carbons (Fsp3) is 0.423. The van der Waals surface area contributed by atoms with Crippen LogP contribution in [0.3, 0.4) is 0 Å². The molecule has 0 atom stereocenters. The lowest BCUT2D eigenvalue weighted by Crippen LogP contribution is -2.46. The number of piperazine rings is 1. The van der Waals surface area contributed by atoms with Gasteiger partial charge in [-0.25, -0.2) is 4.79 Å². The van der Waals surface area contributed by atoms with Crippen molar-refractivity contribution in [3.8, 4) is 11.5 Å². The molecule has 8 nitrogen and oxygen atoms in total. The Kier molecular flexibility index (Phi) is 6.76. The van der Waals surface area contributed by atoms with E-state index < -0.39 is 6.03 Å². The smallest absolute Gasteiger partial charge is 0.316 e. The van der Waals surface area contributed by atoms with Gasteiger partial charge in [0.1, 0.15) is 0 Å². The molecule has 0 aliphatic carbocycles. The summed E-state index contributed by atoms with van der Waals surface area (Å²) in [5, 5.41) is 3.76. The Bertz CT molecular complexity index is 1140. The summed E-state index contributed by atoms with van der Waals surface area (Å²) in [5.74, 6) is 1.72. The van der Waals surface area contributed by atoms with Gasteiger partial charge in [-0.15, -0.1) is 0 Å². The van der Waals surface area contributed by atoms with E-state index >= 15 is 0 Å². The Balaban J connectivity index is 1.10. The zero-order chi connectivity index (χ0) is 23.3. The van der Waals surface area contributed by atoms with E-state index in [1.807, 2.05) is 30.5 Å². The Morgan fingerprint density at radius 3 is 2.53 bits per heavy atom. The number of fused-ring (bicyclic) bond motifs is 2. The van der Waals surface area contributed by atoms with E-state index in [9.17, 15) is 4.79 Å². The van der Waals surface area contributed by atoms with Gasteiger partial charge in [-0.1, -0.05) is 18.2 Å². The number of nitrogens with zero attached hydrogens (tertiary/aromatic N) is 3. The number of urea groups is 1. The van der Waals surface area contributed by atoms with Crippen LogP contribution in [-0.2, 0) is 6.54 Å². The van der Waals surface area contributed by atoms with Crippen LogP contribution in [0, 0.1) is 0 Å². The second kappa shape index (κ2) is 10.3. The monoisotopic (exact) mass is 463 g/mol. The zero-order valence-corrected chi connectivity index (χ0v) is 19.5. The number of ether oxygens (including phenoxy) is 2. The first-order valence-electron chi connectivity index (χ1n) is 12.2. The number of carbonyl (C=O) groups is 1. The van der Waals surface area contributed by atoms with Gasteiger partial charge in [0, 0.05) is 62.5 Å². The first kappa shape index (κ1) is 22.4. The van der Waals surface area contributed by atoms with Crippen molar-refractivity contribution < 1.29 is 14.3 Å². The highest BCUT2D eigenvalue weighted by Gasteiger charge is 2.19. The number of hydrogen-bond donors (Lipinski definition) is 2. The van der Waals surface area contributed by atoms with Crippen LogP contribution < -0.4 is 25.4 Å². The molecule has 5 rings (SSSR count). The van der Waals surface area contributed by atoms with Gasteiger partial charge in [-0.3, -0.25) is 4.90 Å². The van der Waals surface area contributed by atoms with E-state index in [1.165, 1.54) is 5.69 Å². The number of nitrogens with two attached hydrogens (primary N) is 1. The largest absolute Gasteiger partial charge is 0.490 e. The maximum Gasteiger partial charge on any atom is 0.316 e. The number of para-hydroxylation sites is 1. The number of benzene rings is 2. The van der Waals surface area contributed by atoms with Crippen LogP contribution in [0.1, 0.15) is 19.3 Å². The van der Waals surface area contributed by atoms with Crippen molar-refractivity contribution >= 4 is 28.3 Å². The van der Waals surface area contributed by atoms with E-state index in [4.69, 9.17) is 15.2 Å². The Hall–Kier alpha value is -3.39. The molecule has 0 bridgehead atoms. The number of carbonyl (C=O) groups excluding carboxylic acids is 1. The minimum atomic E-state index is -0.534. The lowest BCUT2D eigenvalue weighted by Gasteiger charge is -2.36. The normalized spacial score (nSPS) is 16.4. The van der Waals surface area contributed by atoms with E-state index in [-0.39, 0.29) is 0 Å². The average molecular weight is 464 g/mol. The van der Waals surface area contributed by atoms with Crippen molar-refractivity contribution in [2.24, 2.45) is 5.73 Å². The molecule has 0 saturated carbocycles. The van der Waals surface area contributed by atoms with Crippen LogP contribution in [0.4, 0.5) is 16.2 Å². The Morgan fingerprint density at radius 1 is 0.941 bits per heavy atom. The third-order valence-electron chi connectivity index (χ3n) is 6.64. The zero-order valence-electron chi connectivity index (χ0n) is 19.5. The molecule has 2 aromatic carbocycles. The van der Waals surface area contributed by atoms with Gasteiger partial charge in [-0.2, -0.15) is 0 Å². The third-order valence-corrected chi connectivity index (χ3v) is 6.64. The molecule has 0 unspecified atom stereocenters. The van der Waals surface area contributed by atoms with Gasteiger partial charge in [0.05, 0.1) is 24.4 Å². The fourth-order valence-electron chi connectivity index (χ4n) is 4.86. The van der Waals surface area contributed by atoms with Gasteiger partial charge in [0.2, 0.25) is 0 Å².